The van der Waals surface area contributed by atoms with Crippen LogP contribution in [0.1, 0.15) is 22.8 Å². The maximum atomic E-state index is 12.8. The van der Waals surface area contributed by atoms with Gasteiger partial charge < -0.3 is 10.1 Å². The molecule has 0 bridgehead atoms. The number of nitrogens with zero attached hydrogens (tertiary/aromatic N) is 2. The van der Waals surface area contributed by atoms with E-state index in [0.717, 1.165) is 11.1 Å². The number of carbonyl (C=O) groups excluding carboxylic acids is 2. The number of esters is 1. The molecular weight excluding hydrogens is 342 g/mol. The molecule has 1 atom stereocenters. The molecule has 4 rings (SSSR count). The van der Waals surface area contributed by atoms with Crippen molar-refractivity contribution in [3.05, 3.63) is 78.1 Å². The molecule has 1 N–H and O–H groups in total. The standard InChI is InChI=1S/C21H17N3O3/c1-21(11-15-9-5-6-10-17(15)19(25)27-21)20(26)24-16-12-22-18(23-13-16)14-7-3-2-4-8-14/h2-10,12-13H,11H2,1H3,(H,24,26). The summed E-state index contributed by atoms with van der Waals surface area (Å²) in [6, 6.07) is 16.7. The van der Waals surface area contributed by atoms with Gasteiger partial charge in [-0.05, 0) is 18.6 Å². The van der Waals surface area contributed by atoms with Crippen molar-refractivity contribution in [2.24, 2.45) is 0 Å². The van der Waals surface area contributed by atoms with E-state index in [9.17, 15) is 9.59 Å². The highest BCUT2D eigenvalue weighted by Crippen LogP contribution is 2.29. The zero-order valence-electron chi connectivity index (χ0n) is 14.7. The molecule has 0 spiro atoms. The number of hydrogen-bond acceptors (Lipinski definition) is 5. The number of carbonyl (C=O) groups is 2. The van der Waals surface area contributed by atoms with Gasteiger partial charge in [-0.25, -0.2) is 14.8 Å². The Morgan fingerprint density at radius 1 is 1.04 bits per heavy atom. The fraction of sp³-hybridized carbons (Fsp3) is 0.143. The summed E-state index contributed by atoms with van der Waals surface area (Å²) < 4.78 is 5.44. The zero-order valence-corrected chi connectivity index (χ0v) is 14.7. The monoisotopic (exact) mass is 359 g/mol. The lowest BCUT2D eigenvalue weighted by atomic mass is 9.89. The predicted octanol–water partition coefficient (Wildman–Crippen LogP) is 3.25. The lowest BCUT2D eigenvalue weighted by molar-refractivity contribution is -0.134. The van der Waals surface area contributed by atoms with Crippen LogP contribution in [0, 0.1) is 0 Å². The van der Waals surface area contributed by atoms with Crippen LogP contribution < -0.4 is 5.32 Å². The van der Waals surface area contributed by atoms with Gasteiger partial charge in [0.25, 0.3) is 5.91 Å². The van der Waals surface area contributed by atoms with E-state index >= 15 is 0 Å². The van der Waals surface area contributed by atoms with Gasteiger partial charge in [0.1, 0.15) is 0 Å². The van der Waals surface area contributed by atoms with Crippen LogP contribution in [-0.2, 0) is 16.0 Å². The van der Waals surface area contributed by atoms with Crippen LogP contribution in [0.4, 0.5) is 5.69 Å². The Kier molecular flexibility index (Phi) is 4.16. The molecule has 0 saturated carbocycles. The molecular formula is C21H17N3O3. The molecule has 0 saturated heterocycles. The van der Waals surface area contributed by atoms with E-state index in [0.29, 0.717) is 23.5 Å². The second-order valence-corrected chi connectivity index (χ2v) is 6.57. The second-order valence-electron chi connectivity index (χ2n) is 6.57. The van der Waals surface area contributed by atoms with Gasteiger partial charge in [0, 0.05) is 12.0 Å². The number of aromatic nitrogens is 2. The van der Waals surface area contributed by atoms with Gasteiger partial charge in [-0.3, -0.25) is 4.79 Å². The summed E-state index contributed by atoms with van der Waals surface area (Å²) in [6.45, 7) is 1.61. The Morgan fingerprint density at radius 2 is 1.70 bits per heavy atom. The van der Waals surface area contributed by atoms with Crippen molar-refractivity contribution < 1.29 is 14.3 Å². The van der Waals surface area contributed by atoms with E-state index in [1.165, 1.54) is 12.4 Å². The van der Waals surface area contributed by atoms with E-state index in [1.807, 2.05) is 42.5 Å². The lowest BCUT2D eigenvalue weighted by Crippen LogP contribution is -2.48. The van der Waals surface area contributed by atoms with E-state index in [2.05, 4.69) is 15.3 Å². The van der Waals surface area contributed by atoms with Gasteiger partial charge in [0.05, 0.1) is 23.6 Å². The highest BCUT2D eigenvalue weighted by atomic mass is 16.6. The number of hydrogen-bond donors (Lipinski definition) is 1. The molecule has 2 aromatic carbocycles. The molecule has 1 unspecified atom stereocenters. The molecule has 0 radical (unpaired) electrons. The maximum Gasteiger partial charge on any atom is 0.339 e. The SMILES string of the molecule is CC1(C(=O)Nc2cnc(-c3ccccc3)nc2)Cc2ccccc2C(=O)O1. The molecule has 6 heteroatoms. The third-order valence-corrected chi connectivity index (χ3v) is 4.51. The number of nitrogens with one attached hydrogen (secondary N) is 1. The summed E-state index contributed by atoms with van der Waals surface area (Å²) in [7, 11) is 0. The van der Waals surface area contributed by atoms with Crippen LogP contribution in [0.15, 0.2) is 67.0 Å². The van der Waals surface area contributed by atoms with Crippen molar-refractivity contribution in [3.63, 3.8) is 0 Å². The smallest absolute Gasteiger partial charge is 0.339 e. The Labute approximate surface area is 156 Å². The Hall–Kier alpha value is -3.54. The number of rotatable bonds is 3. The minimum atomic E-state index is -1.29. The van der Waals surface area contributed by atoms with Crippen molar-refractivity contribution in [2.75, 3.05) is 5.32 Å². The summed E-state index contributed by atoms with van der Waals surface area (Å²) in [4.78, 5) is 33.6. The van der Waals surface area contributed by atoms with Crippen molar-refractivity contribution in [1.82, 2.24) is 9.97 Å². The third kappa shape index (κ3) is 3.29. The molecule has 1 aliphatic heterocycles. The molecule has 27 heavy (non-hydrogen) atoms. The van der Waals surface area contributed by atoms with Crippen LogP contribution in [0.25, 0.3) is 11.4 Å². The van der Waals surface area contributed by atoms with Gasteiger partial charge in [0.2, 0.25) is 0 Å². The summed E-state index contributed by atoms with van der Waals surface area (Å²) in [5.41, 5.74) is 1.33. The summed E-state index contributed by atoms with van der Waals surface area (Å²) in [5.74, 6) is -0.343. The fourth-order valence-corrected chi connectivity index (χ4v) is 3.05. The normalized spacial score (nSPS) is 18.3. The zero-order chi connectivity index (χ0) is 18.9. The van der Waals surface area contributed by atoms with Gasteiger partial charge in [-0.2, -0.15) is 0 Å². The van der Waals surface area contributed by atoms with Crippen LogP contribution in [0.3, 0.4) is 0 Å². The Bertz CT molecular complexity index is 1000. The van der Waals surface area contributed by atoms with Crippen LogP contribution in [-0.4, -0.2) is 27.4 Å². The summed E-state index contributed by atoms with van der Waals surface area (Å²) in [5, 5.41) is 2.74. The van der Waals surface area contributed by atoms with Gasteiger partial charge in [0.15, 0.2) is 11.4 Å². The highest BCUT2D eigenvalue weighted by molar-refractivity contribution is 6.02. The Balaban J connectivity index is 1.52. The van der Waals surface area contributed by atoms with Crippen molar-refractivity contribution in [2.45, 2.75) is 18.9 Å². The predicted molar refractivity (Wildman–Crippen MR) is 100 cm³/mol. The first kappa shape index (κ1) is 16.9. The average molecular weight is 359 g/mol. The number of amides is 1. The summed E-state index contributed by atoms with van der Waals surface area (Å²) in [6.07, 6.45) is 3.38. The fourth-order valence-electron chi connectivity index (χ4n) is 3.05. The topological polar surface area (TPSA) is 81.2 Å². The first-order valence-electron chi connectivity index (χ1n) is 8.55. The van der Waals surface area contributed by atoms with Crippen molar-refractivity contribution in [3.8, 4) is 11.4 Å². The first-order valence-corrected chi connectivity index (χ1v) is 8.55. The van der Waals surface area contributed by atoms with Gasteiger partial charge in [-0.1, -0.05) is 48.5 Å². The van der Waals surface area contributed by atoms with Crippen molar-refractivity contribution in [1.29, 1.82) is 0 Å². The molecule has 0 fully saturated rings. The lowest BCUT2D eigenvalue weighted by Gasteiger charge is -2.32. The number of benzene rings is 2. The molecule has 1 amide bonds. The number of fused-ring (bicyclic) bond motifs is 1. The molecule has 2 heterocycles. The first-order chi connectivity index (χ1) is 13.0. The number of anilines is 1. The van der Waals surface area contributed by atoms with Gasteiger partial charge >= 0.3 is 5.97 Å². The van der Waals surface area contributed by atoms with E-state index in [-0.39, 0.29) is 0 Å². The van der Waals surface area contributed by atoms with Crippen LogP contribution >= 0.6 is 0 Å². The Morgan fingerprint density at radius 3 is 2.44 bits per heavy atom. The number of ether oxygens (including phenoxy) is 1. The number of cyclic esters (lactones) is 1. The molecule has 134 valence electrons. The molecule has 1 aliphatic rings. The third-order valence-electron chi connectivity index (χ3n) is 4.51. The van der Waals surface area contributed by atoms with Gasteiger partial charge in [-0.15, -0.1) is 0 Å². The maximum absolute atomic E-state index is 12.8. The van der Waals surface area contributed by atoms with Crippen LogP contribution in [0.2, 0.25) is 0 Å². The minimum Gasteiger partial charge on any atom is -0.445 e. The molecule has 0 aliphatic carbocycles. The van der Waals surface area contributed by atoms with E-state index in [4.69, 9.17) is 4.74 Å². The average Bonchev–Trinajstić information content (AvgIpc) is 2.69. The van der Waals surface area contributed by atoms with Crippen molar-refractivity contribution >= 4 is 17.6 Å². The largest absolute Gasteiger partial charge is 0.445 e. The quantitative estimate of drug-likeness (QED) is 0.726. The van der Waals surface area contributed by atoms with E-state index in [1.54, 1.807) is 19.1 Å². The van der Waals surface area contributed by atoms with E-state index < -0.39 is 17.5 Å². The van der Waals surface area contributed by atoms with Crippen LogP contribution in [0.5, 0.6) is 0 Å². The molecule has 3 aromatic rings. The minimum absolute atomic E-state index is 0.309. The second kappa shape index (κ2) is 6.64. The molecule has 6 nitrogen and oxygen atoms in total. The summed E-state index contributed by atoms with van der Waals surface area (Å²) >= 11 is 0. The molecule has 1 aromatic heterocycles. The highest BCUT2D eigenvalue weighted by Gasteiger charge is 2.42.